The summed E-state index contributed by atoms with van der Waals surface area (Å²) < 4.78 is 50.4. The summed E-state index contributed by atoms with van der Waals surface area (Å²) in [5.41, 5.74) is 1.40. The number of carbonyl (C=O) groups excluding carboxylic acids is 1. The lowest BCUT2D eigenvalue weighted by Crippen LogP contribution is -2.58. The number of ether oxygens (including phenoxy) is 1. The van der Waals surface area contributed by atoms with Crippen molar-refractivity contribution >= 4 is 44.8 Å². The van der Waals surface area contributed by atoms with E-state index in [2.05, 4.69) is 6.07 Å². The number of nitriles is 1. The number of hydrogen-bond donors (Lipinski definition) is 0. The minimum absolute atomic E-state index is 0.0247. The Morgan fingerprint density at radius 2 is 1.70 bits per heavy atom. The van der Waals surface area contributed by atoms with Crippen LogP contribution in [0.25, 0.3) is 0 Å². The van der Waals surface area contributed by atoms with Crippen LogP contribution in [0.3, 0.4) is 0 Å². The summed E-state index contributed by atoms with van der Waals surface area (Å²) in [5, 5.41) is 10.0. The van der Waals surface area contributed by atoms with Crippen LogP contribution >= 0.6 is 23.2 Å². The van der Waals surface area contributed by atoms with Gasteiger partial charge in [-0.2, -0.15) is 5.26 Å². The lowest BCUT2D eigenvalue weighted by Gasteiger charge is -2.49. The first-order valence-electron chi connectivity index (χ1n) is 14.3. The number of morpholine rings is 1. The van der Waals surface area contributed by atoms with E-state index in [1.807, 2.05) is 18.2 Å². The molecule has 11 heteroatoms. The van der Waals surface area contributed by atoms with E-state index >= 15 is 4.39 Å². The zero-order valence-corrected chi connectivity index (χ0v) is 25.5. The van der Waals surface area contributed by atoms with Gasteiger partial charge >= 0.3 is 0 Å². The molecule has 3 fully saturated rings. The topological polar surface area (TPSA) is 90.7 Å². The van der Waals surface area contributed by atoms with E-state index in [-0.39, 0.29) is 24.6 Å². The maximum Gasteiger partial charge on any atom is 0.253 e. The molecule has 6 rings (SSSR count). The zero-order chi connectivity index (χ0) is 30.3. The fourth-order valence-corrected chi connectivity index (χ4v) is 8.14. The average Bonchev–Trinajstić information content (AvgIpc) is 3.90. The molecule has 2 aliphatic carbocycles. The third kappa shape index (κ3) is 6.12. The number of carbonyl (C=O) groups is 1. The second kappa shape index (κ2) is 12.1. The molecule has 1 aliphatic heterocycles. The fraction of sp³-hybridized carbons (Fsp3) is 0.375. The van der Waals surface area contributed by atoms with Gasteiger partial charge in [0.05, 0.1) is 42.1 Å². The summed E-state index contributed by atoms with van der Waals surface area (Å²) in [5.74, 6) is -1.08. The first kappa shape index (κ1) is 29.9. The van der Waals surface area contributed by atoms with Crippen LogP contribution in [0, 0.1) is 23.1 Å². The quantitative estimate of drug-likeness (QED) is 0.242. The van der Waals surface area contributed by atoms with Crippen molar-refractivity contribution in [1.82, 2.24) is 4.90 Å². The predicted molar refractivity (Wildman–Crippen MR) is 163 cm³/mol. The van der Waals surface area contributed by atoms with E-state index in [0.717, 1.165) is 18.4 Å². The molecular formula is C32H30Cl2FN3O4S. The number of hydrogen-bond acceptors (Lipinski definition) is 5. The second-order valence-corrected chi connectivity index (χ2v) is 14.3. The van der Waals surface area contributed by atoms with Crippen LogP contribution in [0.4, 0.5) is 10.1 Å². The minimum Gasteiger partial charge on any atom is -0.357 e. The normalized spacial score (nSPS) is 23.1. The van der Waals surface area contributed by atoms with Crippen LogP contribution in [0.5, 0.6) is 0 Å². The summed E-state index contributed by atoms with van der Waals surface area (Å²) in [6.45, 7) is -0.123. The molecule has 224 valence electrons. The molecule has 2 saturated carbocycles. The number of benzene rings is 3. The molecule has 3 aliphatic rings. The molecule has 1 amide bonds. The van der Waals surface area contributed by atoms with Gasteiger partial charge in [-0.25, -0.2) is 12.8 Å². The average molecular weight is 643 g/mol. The van der Waals surface area contributed by atoms with Crippen LogP contribution in [0.15, 0.2) is 72.8 Å². The van der Waals surface area contributed by atoms with Crippen molar-refractivity contribution in [2.75, 3.05) is 10.8 Å². The molecule has 3 aromatic carbocycles. The maximum atomic E-state index is 15.2. The van der Waals surface area contributed by atoms with Crippen molar-refractivity contribution in [3.05, 3.63) is 99.8 Å². The number of amides is 1. The number of para-hydroxylation sites is 1. The Kier molecular flexibility index (Phi) is 8.40. The molecule has 4 atom stereocenters. The highest BCUT2D eigenvalue weighted by Gasteiger charge is 2.52. The first-order valence-corrected chi connectivity index (χ1v) is 16.6. The van der Waals surface area contributed by atoms with Crippen LogP contribution in [-0.2, 0) is 19.6 Å². The van der Waals surface area contributed by atoms with Crippen LogP contribution < -0.4 is 4.31 Å². The molecule has 0 radical (unpaired) electrons. The second-order valence-electron chi connectivity index (χ2n) is 11.3. The number of sulfonamides is 1. The maximum absolute atomic E-state index is 15.2. The first-order chi connectivity index (χ1) is 20.7. The van der Waals surface area contributed by atoms with E-state index in [0.29, 0.717) is 28.5 Å². The summed E-state index contributed by atoms with van der Waals surface area (Å²) in [6, 6.07) is 20.8. The molecule has 1 heterocycles. The van der Waals surface area contributed by atoms with Crippen LogP contribution in [0.2, 0.25) is 10.0 Å². The molecular weight excluding hydrogens is 612 g/mol. The van der Waals surface area contributed by atoms with E-state index < -0.39 is 51.3 Å². The fourth-order valence-electron chi connectivity index (χ4n) is 5.94. The SMILES string of the molecule is N#CC[C@H]1O[C@H](c2cccc(Cl)c2)[C@@H](c2ccc(Cl)cc2)N(C(CN(c2ccccc2F)S(=O)(=O)C2CC2)C2CC2)C1=O. The molecule has 1 saturated heterocycles. The van der Waals surface area contributed by atoms with Gasteiger partial charge in [0.2, 0.25) is 10.0 Å². The van der Waals surface area contributed by atoms with Gasteiger partial charge in [0.15, 0.2) is 0 Å². The van der Waals surface area contributed by atoms with Gasteiger partial charge in [0, 0.05) is 10.0 Å². The smallest absolute Gasteiger partial charge is 0.253 e. The van der Waals surface area contributed by atoms with Crippen molar-refractivity contribution in [3.8, 4) is 6.07 Å². The van der Waals surface area contributed by atoms with Gasteiger partial charge in [-0.15, -0.1) is 0 Å². The number of anilines is 1. The summed E-state index contributed by atoms with van der Waals surface area (Å²) >= 11 is 12.6. The molecule has 0 bridgehead atoms. The summed E-state index contributed by atoms with van der Waals surface area (Å²) in [6.07, 6.45) is 0.580. The molecule has 3 aromatic rings. The summed E-state index contributed by atoms with van der Waals surface area (Å²) in [7, 11) is -3.91. The van der Waals surface area contributed by atoms with Crippen molar-refractivity contribution in [2.24, 2.45) is 5.92 Å². The monoisotopic (exact) mass is 641 g/mol. The van der Waals surface area contributed by atoms with E-state index in [9.17, 15) is 18.5 Å². The highest BCUT2D eigenvalue weighted by molar-refractivity contribution is 7.93. The van der Waals surface area contributed by atoms with Gasteiger partial charge in [-0.3, -0.25) is 9.10 Å². The molecule has 7 nitrogen and oxygen atoms in total. The lowest BCUT2D eigenvalue weighted by molar-refractivity contribution is -0.179. The molecule has 0 spiro atoms. The number of nitrogens with zero attached hydrogens (tertiary/aromatic N) is 3. The number of rotatable bonds is 10. The van der Waals surface area contributed by atoms with E-state index in [1.165, 1.54) is 22.5 Å². The molecule has 1 unspecified atom stereocenters. The third-order valence-electron chi connectivity index (χ3n) is 8.34. The zero-order valence-electron chi connectivity index (χ0n) is 23.2. The number of halogens is 3. The van der Waals surface area contributed by atoms with Crippen molar-refractivity contribution in [3.63, 3.8) is 0 Å². The van der Waals surface area contributed by atoms with E-state index in [1.54, 1.807) is 41.3 Å². The van der Waals surface area contributed by atoms with Gasteiger partial charge in [-0.05, 0) is 79.1 Å². The van der Waals surface area contributed by atoms with Gasteiger partial charge in [0.1, 0.15) is 18.0 Å². The van der Waals surface area contributed by atoms with Gasteiger partial charge < -0.3 is 9.64 Å². The highest BCUT2D eigenvalue weighted by Crippen LogP contribution is 2.49. The minimum atomic E-state index is -3.91. The Balaban J connectivity index is 1.50. The predicted octanol–water partition coefficient (Wildman–Crippen LogP) is 6.83. The Labute approximate surface area is 260 Å². The standard InChI is InChI=1S/C32H30Cl2FN3O4S/c33-23-12-10-21(11-13-23)30-31(22-4-3-5-24(34)18-22)42-29(16-17-36)32(39)38(30)28(20-8-9-20)19-37(43(40,41)25-14-15-25)27-7-2-1-6-26(27)35/h1-7,10-13,18,20,25,28-31H,8-9,14-16,19H2/t28?,29-,30-,31-/m1/s1. The van der Waals surface area contributed by atoms with Gasteiger partial charge in [0.25, 0.3) is 5.91 Å². The Morgan fingerprint density at radius 3 is 2.33 bits per heavy atom. The van der Waals surface area contributed by atoms with Crippen molar-refractivity contribution in [1.29, 1.82) is 5.26 Å². The van der Waals surface area contributed by atoms with Crippen LogP contribution in [0.1, 0.15) is 55.4 Å². The highest BCUT2D eigenvalue weighted by atomic mass is 35.5. The van der Waals surface area contributed by atoms with Crippen molar-refractivity contribution in [2.45, 2.75) is 61.6 Å². The lowest BCUT2D eigenvalue weighted by atomic mass is 9.89. The Hall–Kier alpha value is -3.16. The van der Waals surface area contributed by atoms with Crippen LogP contribution in [-0.4, -0.2) is 43.2 Å². The van der Waals surface area contributed by atoms with Crippen molar-refractivity contribution < 1.29 is 22.3 Å². The van der Waals surface area contributed by atoms with Gasteiger partial charge in [-0.1, -0.05) is 59.6 Å². The molecule has 43 heavy (non-hydrogen) atoms. The van der Waals surface area contributed by atoms with E-state index in [4.69, 9.17) is 27.9 Å². The third-order valence-corrected chi connectivity index (χ3v) is 11.1. The largest absolute Gasteiger partial charge is 0.357 e. The summed E-state index contributed by atoms with van der Waals surface area (Å²) in [4.78, 5) is 16.0. The molecule has 0 aromatic heterocycles. The molecule has 0 N–H and O–H groups in total. The Bertz CT molecular complexity index is 1660. The Morgan fingerprint density at radius 1 is 0.977 bits per heavy atom.